The van der Waals surface area contributed by atoms with Crippen LogP contribution in [0.3, 0.4) is 0 Å². The van der Waals surface area contributed by atoms with Gasteiger partial charge in [-0.15, -0.1) is 0 Å². The monoisotopic (exact) mass is 232 g/mol. The Morgan fingerprint density at radius 2 is 1.44 bits per heavy atom. The fourth-order valence-electron chi connectivity index (χ4n) is 0.913. The molecule has 2 unspecified atom stereocenters. The van der Waals surface area contributed by atoms with Crippen molar-refractivity contribution >= 4 is 23.5 Å². The van der Waals surface area contributed by atoms with Crippen LogP contribution in [-0.2, 0) is 28.7 Å². The molecular weight excluding hydrogens is 220 g/mol. The Morgan fingerprint density at radius 3 is 1.69 bits per heavy atom. The minimum atomic E-state index is -1.91. The molecule has 1 N–H and O–H groups in total. The lowest BCUT2D eigenvalue weighted by Crippen LogP contribution is -2.40. The van der Waals surface area contributed by atoms with E-state index in [0.29, 0.717) is 0 Å². The highest BCUT2D eigenvalue weighted by molar-refractivity contribution is 6.05. The number of carboxylic acids is 1. The molecule has 0 bridgehead atoms. The molecule has 0 aliphatic carbocycles. The lowest BCUT2D eigenvalue weighted by molar-refractivity contribution is -0.175. The Kier molecular flexibility index (Phi) is 5.31. The summed E-state index contributed by atoms with van der Waals surface area (Å²) in [6.45, 7) is 2.04. The van der Waals surface area contributed by atoms with Crippen LogP contribution in [0.1, 0.15) is 13.8 Å². The SMILES string of the molecule is COC(C(C)=O)C(=O)OC(C(C)=O)C(=O)O. The summed E-state index contributed by atoms with van der Waals surface area (Å²) < 4.78 is 8.86. The number of carboxylic acid groups (broad SMARTS) is 1. The van der Waals surface area contributed by atoms with Crippen molar-refractivity contribution in [1.82, 2.24) is 0 Å². The van der Waals surface area contributed by atoms with Crippen molar-refractivity contribution in [2.75, 3.05) is 7.11 Å². The second kappa shape index (κ2) is 5.96. The number of Topliss-reactive ketones (excluding diaryl/α,β-unsaturated/α-hetero) is 2. The average Bonchev–Trinajstić information content (AvgIpc) is 2.13. The van der Waals surface area contributed by atoms with E-state index < -0.39 is 35.7 Å². The van der Waals surface area contributed by atoms with E-state index in [-0.39, 0.29) is 0 Å². The van der Waals surface area contributed by atoms with Crippen molar-refractivity contribution in [2.24, 2.45) is 0 Å². The van der Waals surface area contributed by atoms with E-state index in [1.165, 1.54) is 0 Å². The summed E-state index contributed by atoms with van der Waals surface area (Å²) in [6.07, 6.45) is -3.43. The van der Waals surface area contributed by atoms with Crippen molar-refractivity contribution in [2.45, 2.75) is 26.1 Å². The number of rotatable bonds is 6. The van der Waals surface area contributed by atoms with Crippen LogP contribution in [0, 0.1) is 0 Å². The molecule has 16 heavy (non-hydrogen) atoms. The molecule has 0 saturated carbocycles. The largest absolute Gasteiger partial charge is 0.478 e. The second-order valence-corrected chi connectivity index (χ2v) is 2.99. The van der Waals surface area contributed by atoms with Crippen LogP contribution in [0.15, 0.2) is 0 Å². The van der Waals surface area contributed by atoms with Gasteiger partial charge in [0.15, 0.2) is 11.6 Å². The quantitative estimate of drug-likeness (QED) is 0.470. The van der Waals surface area contributed by atoms with Crippen LogP contribution in [0.5, 0.6) is 0 Å². The van der Waals surface area contributed by atoms with Gasteiger partial charge < -0.3 is 14.6 Å². The lowest BCUT2D eigenvalue weighted by atomic mass is 10.2. The molecule has 0 saturated heterocycles. The van der Waals surface area contributed by atoms with E-state index in [1.807, 2.05) is 0 Å². The van der Waals surface area contributed by atoms with Crippen molar-refractivity contribution in [3.05, 3.63) is 0 Å². The van der Waals surface area contributed by atoms with Crippen molar-refractivity contribution in [1.29, 1.82) is 0 Å². The third-order valence-corrected chi connectivity index (χ3v) is 1.65. The van der Waals surface area contributed by atoms with Gasteiger partial charge in [0, 0.05) is 7.11 Å². The normalized spacial score (nSPS) is 13.7. The highest BCUT2D eigenvalue weighted by Gasteiger charge is 2.32. The van der Waals surface area contributed by atoms with Gasteiger partial charge in [0.25, 0.3) is 6.10 Å². The third-order valence-electron chi connectivity index (χ3n) is 1.65. The highest BCUT2D eigenvalue weighted by Crippen LogP contribution is 2.02. The third kappa shape index (κ3) is 3.77. The molecule has 0 amide bonds. The zero-order valence-electron chi connectivity index (χ0n) is 9.05. The summed E-state index contributed by atoms with van der Waals surface area (Å²) in [5.74, 6) is -4.28. The molecule has 0 heterocycles. The average molecular weight is 232 g/mol. The molecule has 0 rings (SSSR count). The maximum absolute atomic E-state index is 11.3. The molecule has 0 aromatic carbocycles. The predicted octanol–water partition coefficient (Wildman–Crippen LogP) is -0.824. The zero-order chi connectivity index (χ0) is 12.9. The van der Waals surface area contributed by atoms with E-state index >= 15 is 0 Å². The number of aliphatic carboxylic acids is 1. The number of hydrogen-bond acceptors (Lipinski definition) is 6. The maximum atomic E-state index is 11.3. The summed E-state index contributed by atoms with van der Waals surface area (Å²) in [4.78, 5) is 43.5. The Labute approximate surface area is 91.3 Å². The van der Waals surface area contributed by atoms with Gasteiger partial charge in [-0.2, -0.15) is 0 Å². The fourth-order valence-corrected chi connectivity index (χ4v) is 0.913. The summed E-state index contributed by atoms with van der Waals surface area (Å²) in [6, 6.07) is 0. The molecule has 0 aromatic heterocycles. The Hall–Kier alpha value is -1.76. The summed E-state index contributed by atoms with van der Waals surface area (Å²) >= 11 is 0. The predicted molar refractivity (Wildman–Crippen MR) is 49.7 cm³/mol. The van der Waals surface area contributed by atoms with E-state index in [2.05, 4.69) is 9.47 Å². The first-order chi connectivity index (χ1) is 7.31. The number of carbonyl (C=O) groups is 4. The Balaban J connectivity index is 4.69. The van der Waals surface area contributed by atoms with E-state index in [1.54, 1.807) is 0 Å². The number of ether oxygens (including phenoxy) is 2. The smallest absolute Gasteiger partial charge is 0.352 e. The van der Waals surface area contributed by atoms with Crippen LogP contribution in [-0.4, -0.2) is 47.9 Å². The van der Waals surface area contributed by atoms with Crippen LogP contribution < -0.4 is 0 Å². The molecule has 90 valence electrons. The summed E-state index contributed by atoms with van der Waals surface area (Å²) in [7, 11) is 1.09. The fraction of sp³-hybridized carbons (Fsp3) is 0.556. The molecule has 0 fully saturated rings. The summed E-state index contributed by atoms with van der Waals surface area (Å²) in [5.41, 5.74) is 0. The molecule has 7 nitrogen and oxygen atoms in total. The molecule has 0 aliphatic heterocycles. The van der Waals surface area contributed by atoms with Gasteiger partial charge >= 0.3 is 11.9 Å². The molecule has 0 radical (unpaired) electrons. The minimum absolute atomic E-state index is 0.639. The first kappa shape index (κ1) is 14.2. The van der Waals surface area contributed by atoms with Gasteiger partial charge in [-0.05, 0) is 13.8 Å². The number of carbonyl (C=O) groups excluding carboxylic acids is 3. The molecular formula is C9H12O7. The minimum Gasteiger partial charge on any atom is -0.478 e. The first-order valence-electron chi connectivity index (χ1n) is 4.28. The van der Waals surface area contributed by atoms with Gasteiger partial charge in [-0.3, -0.25) is 9.59 Å². The summed E-state index contributed by atoms with van der Waals surface area (Å²) in [5, 5.41) is 8.56. The lowest BCUT2D eigenvalue weighted by Gasteiger charge is -2.14. The number of ketones is 2. The molecule has 2 atom stereocenters. The first-order valence-corrected chi connectivity index (χ1v) is 4.28. The second-order valence-electron chi connectivity index (χ2n) is 2.99. The van der Waals surface area contributed by atoms with Gasteiger partial charge in [-0.25, -0.2) is 9.59 Å². The van der Waals surface area contributed by atoms with Crippen LogP contribution in [0.2, 0.25) is 0 Å². The topological polar surface area (TPSA) is 107 Å². The van der Waals surface area contributed by atoms with Crippen LogP contribution in [0.4, 0.5) is 0 Å². The maximum Gasteiger partial charge on any atom is 0.352 e. The molecule has 0 spiro atoms. The van der Waals surface area contributed by atoms with Gasteiger partial charge in [0.2, 0.25) is 6.10 Å². The Bertz CT molecular complexity index is 306. The van der Waals surface area contributed by atoms with Crippen molar-refractivity contribution in [3.8, 4) is 0 Å². The van der Waals surface area contributed by atoms with Crippen molar-refractivity contribution in [3.63, 3.8) is 0 Å². The number of methoxy groups -OCH3 is 1. The van der Waals surface area contributed by atoms with Gasteiger partial charge in [-0.1, -0.05) is 0 Å². The van der Waals surface area contributed by atoms with Crippen molar-refractivity contribution < 1.29 is 33.8 Å². The molecule has 7 heteroatoms. The van der Waals surface area contributed by atoms with Crippen LogP contribution >= 0.6 is 0 Å². The highest BCUT2D eigenvalue weighted by atomic mass is 16.6. The zero-order valence-corrected chi connectivity index (χ0v) is 9.05. The Morgan fingerprint density at radius 1 is 1.00 bits per heavy atom. The molecule has 0 aromatic rings. The standard InChI is InChI=1S/C9H12O7/c1-4(10)6(8(12)13)16-9(14)7(15-3)5(2)11/h6-7H,1-3H3,(H,12,13). The number of esters is 1. The van der Waals surface area contributed by atoms with Gasteiger partial charge in [0.1, 0.15) is 0 Å². The van der Waals surface area contributed by atoms with E-state index in [4.69, 9.17) is 5.11 Å². The molecule has 0 aliphatic rings. The van der Waals surface area contributed by atoms with E-state index in [0.717, 1.165) is 21.0 Å². The van der Waals surface area contributed by atoms with Crippen LogP contribution in [0.25, 0.3) is 0 Å². The van der Waals surface area contributed by atoms with E-state index in [9.17, 15) is 19.2 Å². The van der Waals surface area contributed by atoms with Gasteiger partial charge in [0.05, 0.1) is 0 Å². The number of hydrogen-bond donors (Lipinski definition) is 1.